The van der Waals surface area contributed by atoms with Crippen molar-refractivity contribution in [1.82, 2.24) is 15.3 Å². The summed E-state index contributed by atoms with van der Waals surface area (Å²) in [5.41, 5.74) is 0. The largest absolute Gasteiger partial charge is 0.355 e. The van der Waals surface area contributed by atoms with Gasteiger partial charge in [0.2, 0.25) is 0 Å². The fraction of sp³-hybridized carbons (Fsp3) is 0.692. The molecule has 2 heterocycles. The van der Waals surface area contributed by atoms with Crippen LogP contribution < -0.4 is 10.2 Å². The lowest BCUT2D eigenvalue weighted by atomic mass is 9.97. The van der Waals surface area contributed by atoms with Crippen molar-refractivity contribution in [3.05, 3.63) is 17.5 Å². The van der Waals surface area contributed by atoms with E-state index in [1.165, 1.54) is 12.8 Å². The van der Waals surface area contributed by atoms with E-state index in [1.807, 2.05) is 0 Å². The van der Waals surface area contributed by atoms with Crippen LogP contribution in [0.15, 0.2) is 12.5 Å². The second-order valence-electron chi connectivity index (χ2n) is 4.83. The smallest absolute Gasteiger partial charge is 0.150 e. The highest BCUT2D eigenvalue weighted by atomic mass is 35.5. The van der Waals surface area contributed by atoms with Gasteiger partial charge in [0.1, 0.15) is 11.3 Å². The van der Waals surface area contributed by atoms with Gasteiger partial charge in [-0.2, -0.15) is 0 Å². The van der Waals surface area contributed by atoms with Crippen LogP contribution in [0.3, 0.4) is 0 Å². The predicted octanol–water partition coefficient (Wildman–Crippen LogP) is 2.35. The van der Waals surface area contributed by atoms with Gasteiger partial charge in [-0.1, -0.05) is 18.5 Å². The molecule has 1 aromatic heterocycles. The molecule has 0 amide bonds. The topological polar surface area (TPSA) is 41.0 Å². The second kappa shape index (κ2) is 6.90. The molecule has 0 aromatic carbocycles. The Kier molecular flexibility index (Phi) is 5.20. The molecular weight excluding hydrogens is 248 g/mol. The Morgan fingerprint density at radius 1 is 1.44 bits per heavy atom. The minimum absolute atomic E-state index is 0.653. The van der Waals surface area contributed by atoms with Crippen molar-refractivity contribution in [2.24, 2.45) is 5.92 Å². The molecule has 1 fully saturated rings. The molecular formula is C13H21ClN4. The number of anilines is 1. The van der Waals surface area contributed by atoms with Crippen LogP contribution in [0.4, 0.5) is 5.82 Å². The number of nitrogens with zero attached hydrogens (tertiary/aromatic N) is 3. The van der Waals surface area contributed by atoms with E-state index in [9.17, 15) is 0 Å². The summed E-state index contributed by atoms with van der Waals surface area (Å²) in [6.45, 7) is 6.49. The maximum absolute atomic E-state index is 6.19. The number of halogens is 1. The maximum atomic E-state index is 6.19. The zero-order chi connectivity index (χ0) is 12.8. The summed E-state index contributed by atoms with van der Waals surface area (Å²) in [6.07, 6.45) is 6.83. The molecule has 1 aliphatic heterocycles. The van der Waals surface area contributed by atoms with Gasteiger partial charge in [0.25, 0.3) is 0 Å². The molecule has 0 spiro atoms. The van der Waals surface area contributed by atoms with Gasteiger partial charge in [-0.3, -0.25) is 0 Å². The first-order chi connectivity index (χ1) is 8.81. The third-order valence-electron chi connectivity index (χ3n) is 3.38. The third kappa shape index (κ3) is 3.56. The molecule has 2 rings (SSSR count). The molecule has 0 bridgehead atoms. The van der Waals surface area contributed by atoms with Crippen molar-refractivity contribution in [3.63, 3.8) is 0 Å². The summed E-state index contributed by atoms with van der Waals surface area (Å²) in [5, 5.41) is 4.05. The van der Waals surface area contributed by atoms with Gasteiger partial charge >= 0.3 is 0 Å². The normalized spacial score (nSPS) is 16.8. The Morgan fingerprint density at radius 3 is 2.89 bits per heavy atom. The van der Waals surface area contributed by atoms with Gasteiger partial charge in [-0.05, 0) is 38.3 Å². The van der Waals surface area contributed by atoms with Gasteiger partial charge in [0.05, 0.1) is 6.20 Å². The first-order valence-electron chi connectivity index (χ1n) is 6.72. The zero-order valence-electron chi connectivity index (χ0n) is 10.9. The third-order valence-corrected chi connectivity index (χ3v) is 3.65. The van der Waals surface area contributed by atoms with Crippen molar-refractivity contribution in [3.8, 4) is 0 Å². The summed E-state index contributed by atoms with van der Waals surface area (Å²) < 4.78 is 0. The van der Waals surface area contributed by atoms with Gasteiger partial charge in [0, 0.05) is 13.1 Å². The minimum atomic E-state index is 0.653. The summed E-state index contributed by atoms with van der Waals surface area (Å²) in [7, 11) is 0. The first kappa shape index (κ1) is 13.6. The molecule has 18 heavy (non-hydrogen) atoms. The molecule has 5 heteroatoms. The van der Waals surface area contributed by atoms with Crippen LogP contribution in [0.5, 0.6) is 0 Å². The molecule has 0 radical (unpaired) electrons. The van der Waals surface area contributed by atoms with Crippen LogP contribution in [0.1, 0.15) is 26.2 Å². The van der Waals surface area contributed by atoms with E-state index < -0.39 is 0 Å². The van der Waals surface area contributed by atoms with Crippen LogP contribution in [-0.4, -0.2) is 36.1 Å². The number of hydrogen-bond acceptors (Lipinski definition) is 4. The lowest BCUT2D eigenvalue weighted by molar-refractivity contribution is 0.372. The zero-order valence-corrected chi connectivity index (χ0v) is 11.7. The molecule has 0 unspecified atom stereocenters. The molecule has 0 atom stereocenters. The van der Waals surface area contributed by atoms with Gasteiger partial charge in [-0.25, -0.2) is 9.97 Å². The summed E-state index contributed by atoms with van der Waals surface area (Å²) in [5.74, 6) is 1.62. The summed E-state index contributed by atoms with van der Waals surface area (Å²) in [4.78, 5) is 10.6. The Labute approximate surface area is 114 Å². The molecule has 1 aromatic rings. The van der Waals surface area contributed by atoms with E-state index in [0.29, 0.717) is 5.02 Å². The summed E-state index contributed by atoms with van der Waals surface area (Å²) in [6, 6.07) is 0. The highest BCUT2D eigenvalue weighted by Crippen LogP contribution is 2.24. The van der Waals surface area contributed by atoms with Crippen molar-refractivity contribution >= 4 is 17.4 Å². The van der Waals surface area contributed by atoms with Crippen molar-refractivity contribution in [1.29, 1.82) is 0 Å². The number of aromatic nitrogens is 2. The SMILES string of the molecule is CCCN(CC1CCNCC1)c1ncncc1Cl. The van der Waals surface area contributed by atoms with Crippen LogP contribution in [0.25, 0.3) is 0 Å². The fourth-order valence-corrected chi connectivity index (χ4v) is 2.69. The van der Waals surface area contributed by atoms with E-state index in [-0.39, 0.29) is 0 Å². The average Bonchev–Trinajstić information content (AvgIpc) is 2.40. The van der Waals surface area contributed by atoms with E-state index in [0.717, 1.165) is 44.3 Å². The van der Waals surface area contributed by atoms with Crippen LogP contribution in [0.2, 0.25) is 5.02 Å². The monoisotopic (exact) mass is 268 g/mol. The molecule has 4 nitrogen and oxygen atoms in total. The first-order valence-corrected chi connectivity index (χ1v) is 7.10. The van der Waals surface area contributed by atoms with Gasteiger partial charge in [0.15, 0.2) is 5.82 Å². The predicted molar refractivity (Wildman–Crippen MR) is 75.1 cm³/mol. The number of hydrogen-bond donors (Lipinski definition) is 1. The standard InChI is InChI=1S/C13H21ClN4/c1-2-7-18(9-11-3-5-15-6-4-11)13-12(14)8-16-10-17-13/h8,10-11,15H,2-7,9H2,1H3. The quantitative estimate of drug-likeness (QED) is 0.890. The molecule has 0 aliphatic carbocycles. The molecule has 1 saturated heterocycles. The molecule has 100 valence electrons. The van der Waals surface area contributed by atoms with Crippen molar-refractivity contribution < 1.29 is 0 Å². The van der Waals surface area contributed by atoms with Crippen LogP contribution >= 0.6 is 11.6 Å². The second-order valence-corrected chi connectivity index (χ2v) is 5.24. The van der Waals surface area contributed by atoms with E-state index in [4.69, 9.17) is 11.6 Å². The lowest BCUT2D eigenvalue weighted by Gasteiger charge is -2.31. The Morgan fingerprint density at radius 2 is 2.22 bits per heavy atom. The average molecular weight is 269 g/mol. The van der Waals surface area contributed by atoms with E-state index in [2.05, 4.69) is 27.1 Å². The van der Waals surface area contributed by atoms with Gasteiger partial charge < -0.3 is 10.2 Å². The Hall–Kier alpha value is -0.870. The van der Waals surface area contributed by atoms with Crippen molar-refractivity contribution in [2.45, 2.75) is 26.2 Å². The van der Waals surface area contributed by atoms with Gasteiger partial charge in [-0.15, -0.1) is 0 Å². The Bertz CT molecular complexity index is 366. The van der Waals surface area contributed by atoms with E-state index >= 15 is 0 Å². The van der Waals surface area contributed by atoms with Crippen molar-refractivity contribution in [2.75, 3.05) is 31.1 Å². The molecule has 1 N–H and O–H groups in total. The molecule has 0 saturated carbocycles. The number of piperidine rings is 1. The lowest BCUT2D eigenvalue weighted by Crippen LogP contribution is -2.37. The minimum Gasteiger partial charge on any atom is -0.355 e. The highest BCUT2D eigenvalue weighted by molar-refractivity contribution is 6.32. The summed E-state index contributed by atoms with van der Waals surface area (Å²) >= 11 is 6.19. The van der Waals surface area contributed by atoms with E-state index in [1.54, 1.807) is 12.5 Å². The number of rotatable bonds is 5. The van der Waals surface area contributed by atoms with Crippen LogP contribution in [-0.2, 0) is 0 Å². The van der Waals surface area contributed by atoms with Crippen LogP contribution in [0, 0.1) is 5.92 Å². The number of nitrogens with one attached hydrogen (secondary N) is 1. The highest BCUT2D eigenvalue weighted by Gasteiger charge is 2.19. The molecule has 1 aliphatic rings. The maximum Gasteiger partial charge on any atom is 0.150 e. The Balaban J connectivity index is 2.05. The fourth-order valence-electron chi connectivity index (χ4n) is 2.47.